The maximum Gasteiger partial charge on any atom is 0.417 e. The number of aromatic nitrogens is 1. The van der Waals surface area contributed by atoms with E-state index in [1.54, 1.807) is 6.92 Å². The van der Waals surface area contributed by atoms with Gasteiger partial charge in [-0.1, -0.05) is 23.2 Å². The number of alkyl halides is 3. The minimum atomic E-state index is -4.94. The van der Waals surface area contributed by atoms with Crippen LogP contribution in [-0.2, 0) is 20.4 Å². The summed E-state index contributed by atoms with van der Waals surface area (Å²) < 4.78 is 49.0. The lowest BCUT2D eigenvalue weighted by Gasteiger charge is -2.14. The lowest BCUT2D eigenvalue weighted by atomic mass is 10.0. The number of hydrogen-bond acceptors (Lipinski definition) is 5. The summed E-state index contributed by atoms with van der Waals surface area (Å²) in [4.78, 5) is 27.7. The normalized spacial score (nSPS) is 12.0. The fourth-order valence-corrected chi connectivity index (χ4v) is 2.14. The second-order valence-corrected chi connectivity index (χ2v) is 4.94. The molecule has 24 heavy (non-hydrogen) atoms. The Morgan fingerprint density at radius 2 is 1.88 bits per heavy atom. The van der Waals surface area contributed by atoms with E-state index in [2.05, 4.69) is 9.72 Å². The summed E-state index contributed by atoms with van der Waals surface area (Å²) >= 11 is 11.1. The van der Waals surface area contributed by atoms with Gasteiger partial charge in [0.2, 0.25) is 5.78 Å². The van der Waals surface area contributed by atoms with Crippen LogP contribution in [0.25, 0.3) is 0 Å². The Morgan fingerprint density at radius 1 is 1.25 bits per heavy atom. The SMILES string of the molecule is CCOC=C(C(=O)OCC)C(=O)c1c(C(F)(F)F)cc(Cl)nc1Cl. The third kappa shape index (κ3) is 4.85. The van der Waals surface area contributed by atoms with E-state index in [0.29, 0.717) is 6.07 Å². The molecule has 0 saturated heterocycles. The molecule has 0 aliphatic rings. The minimum absolute atomic E-state index is 0.0783. The first-order valence-electron chi connectivity index (χ1n) is 6.60. The van der Waals surface area contributed by atoms with Crippen LogP contribution in [0.1, 0.15) is 29.8 Å². The first-order chi connectivity index (χ1) is 11.1. The quantitative estimate of drug-likeness (QED) is 0.140. The summed E-state index contributed by atoms with van der Waals surface area (Å²) in [7, 11) is 0. The van der Waals surface area contributed by atoms with Crippen molar-refractivity contribution in [1.29, 1.82) is 0 Å². The van der Waals surface area contributed by atoms with Crippen molar-refractivity contribution in [2.24, 2.45) is 0 Å². The summed E-state index contributed by atoms with van der Waals surface area (Å²) in [5, 5.41) is -1.33. The summed E-state index contributed by atoms with van der Waals surface area (Å²) in [6.45, 7) is 3.02. The van der Waals surface area contributed by atoms with Crippen LogP contribution in [0.4, 0.5) is 13.2 Å². The van der Waals surface area contributed by atoms with E-state index >= 15 is 0 Å². The van der Waals surface area contributed by atoms with E-state index in [1.807, 2.05) is 0 Å². The summed E-state index contributed by atoms with van der Waals surface area (Å²) in [6, 6.07) is 0.449. The van der Waals surface area contributed by atoms with Gasteiger partial charge in [0, 0.05) is 0 Å². The lowest BCUT2D eigenvalue weighted by Crippen LogP contribution is -2.21. The summed E-state index contributed by atoms with van der Waals surface area (Å²) in [5.74, 6) is -2.47. The monoisotopic (exact) mass is 385 g/mol. The number of nitrogens with zero attached hydrogens (tertiary/aromatic N) is 1. The first kappa shape index (κ1) is 20.2. The van der Waals surface area contributed by atoms with E-state index in [0.717, 1.165) is 6.26 Å². The Hall–Kier alpha value is -1.80. The fourth-order valence-electron chi connectivity index (χ4n) is 1.63. The molecule has 10 heteroatoms. The van der Waals surface area contributed by atoms with E-state index in [1.165, 1.54) is 6.92 Å². The topological polar surface area (TPSA) is 65.5 Å². The highest BCUT2D eigenvalue weighted by Crippen LogP contribution is 2.37. The third-order valence-corrected chi connectivity index (χ3v) is 3.05. The van der Waals surface area contributed by atoms with Gasteiger partial charge in [-0.25, -0.2) is 9.78 Å². The predicted octanol–water partition coefficient (Wildman–Crippen LogP) is 4.07. The molecule has 0 aliphatic heterocycles. The number of carbonyl (C=O) groups is 2. The van der Waals surface area contributed by atoms with Gasteiger partial charge < -0.3 is 9.47 Å². The number of pyridine rings is 1. The second-order valence-electron chi connectivity index (χ2n) is 4.19. The molecule has 0 bridgehead atoms. The molecule has 0 amide bonds. The zero-order valence-electron chi connectivity index (χ0n) is 12.5. The number of Topliss-reactive ketones (excluding diaryl/α,β-unsaturated/α-hetero) is 1. The molecule has 0 unspecified atom stereocenters. The van der Waals surface area contributed by atoms with Gasteiger partial charge in [0.1, 0.15) is 22.1 Å². The van der Waals surface area contributed by atoms with Gasteiger partial charge >= 0.3 is 12.1 Å². The number of ether oxygens (including phenoxy) is 2. The molecule has 132 valence electrons. The van der Waals surface area contributed by atoms with Gasteiger partial charge in [-0.15, -0.1) is 0 Å². The molecule has 0 aliphatic carbocycles. The van der Waals surface area contributed by atoms with Gasteiger partial charge in [-0.3, -0.25) is 4.79 Å². The van der Waals surface area contributed by atoms with Crippen molar-refractivity contribution in [3.05, 3.63) is 39.3 Å². The largest absolute Gasteiger partial charge is 0.500 e. The number of esters is 1. The average molecular weight is 386 g/mol. The number of hydrogen-bond donors (Lipinski definition) is 0. The smallest absolute Gasteiger partial charge is 0.417 e. The van der Waals surface area contributed by atoms with Gasteiger partial charge in [0.25, 0.3) is 0 Å². The van der Waals surface area contributed by atoms with Crippen LogP contribution >= 0.6 is 23.2 Å². The molecule has 1 aromatic rings. The molecule has 0 fully saturated rings. The Labute approximate surface area is 145 Å². The van der Waals surface area contributed by atoms with Gasteiger partial charge in [0.15, 0.2) is 0 Å². The fraction of sp³-hybridized carbons (Fsp3) is 0.357. The predicted molar refractivity (Wildman–Crippen MR) is 79.9 cm³/mol. The van der Waals surface area contributed by atoms with Crippen LogP contribution < -0.4 is 0 Å². The highest BCUT2D eigenvalue weighted by molar-refractivity contribution is 6.37. The number of halogens is 5. The van der Waals surface area contributed by atoms with Crippen LogP contribution in [0, 0.1) is 0 Å². The zero-order valence-corrected chi connectivity index (χ0v) is 14.1. The highest BCUT2D eigenvalue weighted by Gasteiger charge is 2.39. The van der Waals surface area contributed by atoms with Gasteiger partial charge in [0.05, 0.1) is 24.3 Å². The van der Waals surface area contributed by atoms with Gasteiger partial charge in [-0.2, -0.15) is 13.2 Å². The van der Waals surface area contributed by atoms with Crippen LogP contribution in [0.15, 0.2) is 17.9 Å². The Bertz CT molecular complexity index is 675. The average Bonchev–Trinajstić information content (AvgIpc) is 2.46. The molecule has 0 atom stereocenters. The number of ketones is 1. The molecule has 1 aromatic heterocycles. The van der Waals surface area contributed by atoms with E-state index in [9.17, 15) is 22.8 Å². The van der Waals surface area contributed by atoms with Crippen LogP contribution in [-0.4, -0.2) is 30.0 Å². The molecule has 0 spiro atoms. The molecule has 0 saturated carbocycles. The van der Waals surface area contributed by atoms with E-state index < -0.39 is 44.9 Å². The zero-order chi connectivity index (χ0) is 18.5. The number of rotatable bonds is 6. The molecule has 1 rings (SSSR count). The third-order valence-electron chi connectivity index (χ3n) is 2.58. The first-order valence-corrected chi connectivity index (χ1v) is 7.35. The Morgan fingerprint density at radius 3 is 2.38 bits per heavy atom. The van der Waals surface area contributed by atoms with Gasteiger partial charge in [-0.05, 0) is 19.9 Å². The maximum absolute atomic E-state index is 13.2. The van der Waals surface area contributed by atoms with Crippen LogP contribution in [0.3, 0.4) is 0 Å². The van der Waals surface area contributed by atoms with Crippen molar-refractivity contribution in [2.45, 2.75) is 20.0 Å². The molecule has 0 radical (unpaired) electrons. The van der Waals surface area contributed by atoms with Crippen molar-refractivity contribution in [3.8, 4) is 0 Å². The van der Waals surface area contributed by atoms with Crippen molar-refractivity contribution in [3.63, 3.8) is 0 Å². The molecule has 1 heterocycles. The molecule has 0 N–H and O–H groups in total. The summed E-state index contributed by atoms with van der Waals surface area (Å²) in [5.41, 5.74) is -3.16. The minimum Gasteiger partial charge on any atom is -0.500 e. The van der Waals surface area contributed by atoms with Crippen molar-refractivity contribution in [2.75, 3.05) is 13.2 Å². The Kier molecular flexibility index (Phi) is 7.04. The maximum atomic E-state index is 13.2. The van der Waals surface area contributed by atoms with Crippen LogP contribution in [0.2, 0.25) is 10.3 Å². The summed E-state index contributed by atoms with van der Waals surface area (Å²) in [6.07, 6.45) is -4.21. The number of carbonyl (C=O) groups excluding carboxylic acids is 2. The Balaban J connectivity index is 3.51. The van der Waals surface area contributed by atoms with E-state index in [4.69, 9.17) is 27.9 Å². The van der Waals surface area contributed by atoms with Crippen molar-refractivity contribution >= 4 is 35.0 Å². The molecule has 0 aromatic carbocycles. The van der Waals surface area contributed by atoms with Crippen molar-refractivity contribution < 1.29 is 32.2 Å². The molecular weight excluding hydrogens is 374 g/mol. The lowest BCUT2D eigenvalue weighted by molar-refractivity contribution is -0.139. The molecule has 5 nitrogen and oxygen atoms in total. The van der Waals surface area contributed by atoms with Crippen LogP contribution in [0.5, 0.6) is 0 Å². The second kappa shape index (κ2) is 8.34. The highest BCUT2D eigenvalue weighted by atomic mass is 35.5. The molecular formula is C14H12Cl2F3NO4. The standard InChI is InChI=1S/C14H12Cl2F3NO4/c1-3-23-6-7(13(22)24-4-2)11(21)10-8(14(17,18)19)5-9(15)20-12(10)16/h5-6H,3-4H2,1-2H3. The van der Waals surface area contributed by atoms with Crippen molar-refractivity contribution in [1.82, 2.24) is 4.98 Å². The van der Waals surface area contributed by atoms with E-state index in [-0.39, 0.29) is 13.2 Å².